The molecule has 2 aliphatic heterocycles. The number of aliphatic hydroxyl groups excluding tert-OH is 7. The first-order valence-corrected chi connectivity index (χ1v) is 13.5. The Morgan fingerprint density at radius 1 is 0.756 bits per heavy atom. The van der Waals surface area contributed by atoms with Gasteiger partial charge in [0, 0.05) is 17.7 Å². The van der Waals surface area contributed by atoms with E-state index in [1.807, 2.05) is 0 Å². The maximum Gasteiger partial charge on any atom is 0.229 e. The summed E-state index contributed by atoms with van der Waals surface area (Å²) in [6.45, 7) is -1.62. The number of fused-ring (bicyclic) bond motifs is 1. The van der Waals surface area contributed by atoms with Crippen LogP contribution in [0.5, 0.6) is 28.7 Å². The lowest BCUT2D eigenvalue weighted by molar-refractivity contribution is -0.358. The Bertz CT molecular complexity index is 1570. The number of aromatic hydroxyl groups is 3. The number of ether oxygens (including phenoxy) is 5. The number of hydrogen-bond acceptors (Lipinski definition) is 17. The van der Waals surface area contributed by atoms with Crippen LogP contribution < -0.4 is 14.9 Å². The first-order valence-electron chi connectivity index (χ1n) is 13.5. The van der Waals surface area contributed by atoms with Crippen molar-refractivity contribution in [1.29, 1.82) is 0 Å². The van der Waals surface area contributed by atoms with Crippen molar-refractivity contribution in [1.82, 2.24) is 0 Å². The van der Waals surface area contributed by atoms with E-state index in [0.717, 1.165) is 12.1 Å². The summed E-state index contributed by atoms with van der Waals surface area (Å²) in [4.78, 5) is 12.9. The highest BCUT2D eigenvalue weighted by Gasteiger charge is 2.51. The van der Waals surface area contributed by atoms with Crippen LogP contribution in [0.1, 0.15) is 0 Å². The summed E-state index contributed by atoms with van der Waals surface area (Å²) < 4.78 is 32.9. The van der Waals surface area contributed by atoms with E-state index < -0.39 is 103 Å². The predicted molar refractivity (Wildman–Crippen MR) is 146 cm³/mol. The van der Waals surface area contributed by atoms with Crippen molar-refractivity contribution >= 4 is 11.0 Å². The van der Waals surface area contributed by atoms with Crippen LogP contribution in [0.3, 0.4) is 0 Å². The molecule has 1 aromatic heterocycles. The molecule has 0 aliphatic carbocycles. The zero-order valence-electron chi connectivity index (χ0n) is 23.4. The number of rotatable bonds is 8. The molecule has 2 fully saturated rings. The molecule has 3 aromatic rings. The van der Waals surface area contributed by atoms with E-state index in [-0.39, 0.29) is 28.4 Å². The fourth-order valence-corrected chi connectivity index (χ4v) is 5.10. The van der Waals surface area contributed by atoms with Crippen molar-refractivity contribution in [3.8, 4) is 40.1 Å². The van der Waals surface area contributed by atoms with Crippen LogP contribution in [0.15, 0.2) is 39.5 Å². The van der Waals surface area contributed by atoms with Gasteiger partial charge in [-0.3, -0.25) is 4.79 Å². The zero-order chi connectivity index (χ0) is 32.7. The summed E-state index contributed by atoms with van der Waals surface area (Å²) in [5.41, 5.74) is -0.842. The van der Waals surface area contributed by atoms with Crippen LogP contribution in [-0.2, 0) is 14.2 Å². The fraction of sp³-hybridized carbons (Fsp3) is 0.464. The molecule has 2 saturated heterocycles. The average Bonchev–Trinajstić information content (AvgIpc) is 3.02. The normalized spacial score (nSPS) is 32.0. The van der Waals surface area contributed by atoms with E-state index in [0.29, 0.717) is 0 Å². The second-order valence-electron chi connectivity index (χ2n) is 10.4. The molecule has 10 N–H and O–H groups in total. The summed E-state index contributed by atoms with van der Waals surface area (Å²) in [6, 6.07) is 6.18. The Morgan fingerprint density at radius 2 is 1.40 bits per heavy atom. The highest BCUT2D eigenvalue weighted by Crippen LogP contribution is 2.43. The molecule has 3 heterocycles. The molecule has 17 nitrogen and oxygen atoms in total. The summed E-state index contributed by atoms with van der Waals surface area (Å²) in [5.74, 6) is -2.68. The van der Waals surface area contributed by atoms with Crippen molar-refractivity contribution < 1.29 is 79.2 Å². The van der Waals surface area contributed by atoms with Gasteiger partial charge < -0.3 is 79.2 Å². The highest BCUT2D eigenvalue weighted by atomic mass is 16.8. The maximum atomic E-state index is 12.9. The molecule has 10 atom stereocenters. The van der Waals surface area contributed by atoms with Crippen LogP contribution >= 0.6 is 0 Å². The lowest BCUT2D eigenvalue weighted by atomic mass is 9.97. The molecule has 0 spiro atoms. The van der Waals surface area contributed by atoms with Crippen molar-refractivity contribution in [3.05, 3.63) is 40.6 Å². The topological polar surface area (TPSA) is 279 Å². The third-order valence-corrected chi connectivity index (χ3v) is 7.60. The van der Waals surface area contributed by atoms with Gasteiger partial charge in [-0.15, -0.1) is 0 Å². The summed E-state index contributed by atoms with van der Waals surface area (Å²) in [5, 5.41) is 102. The van der Waals surface area contributed by atoms with Crippen LogP contribution in [0.25, 0.3) is 22.3 Å². The Morgan fingerprint density at radius 3 is 2.02 bits per heavy atom. The predicted octanol–water partition coefficient (Wildman–Crippen LogP) is -2.41. The van der Waals surface area contributed by atoms with E-state index in [1.54, 1.807) is 0 Å². The quantitative estimate of drug-likeness (QED) is 0.115. The average molecular weight is 641 g/mol. The lowest BCUT2D eigenvalue weighted by Gasteiger charge is -2.45. The van der Waals surface area contributed by atoms with Gasteiger partial charge in [0.2, 0.25) is 12.0 Å². The molecule has 246 valence electrons. The molecule has 5 rings (SSSR count). The van der Waals surface area contributed by atoms with Gasteiger partial charge in [-0.05, 0) is 18.2 Å². The molecular formula is C28H32O17. The van der Waals surface area contributed by atoms with E-state index in [2.05, 4.69) is 0 Å². The van der Waals surface area contributed by atoms with Gasteiger partial charge in [0.1, 0.15) is 59.5 Å². The minimum absolute atomic E-state index is 0.0573. The second kappa shape index (κ2) is 12.9. The van der Waals surface area contributed by atoms with E-state index in [4.69, 9.17) is 28.1 Å². The molecule has 0 bridgehead atoms. The van der Waals surface area contributed by atoms with Gasteiger partial charge in [0.05, 0.1) is 20.3 Å². The molecule has 0 unspecified atom stereocenters. The SMILES string of the molecule is COc1ccc(-c2cc(=O)c3c(O)c(O)c(O[C@@H]4O[C@@H](CO)[C@@H](O)[C@H](O)[C@H]4O[C@@H]4O[C@H](CO)[C@@H](O)[C@H](O)[C@H]4O)cc3o2)cc1O. The van der Waals surface area contributed by atoms with E-state index in [9.17, 15) is 55.9 Å². The summed E-state index contributed by atoms with van der Waals surface area (Å²) in [6.07, 6.45) is -17.6. The molecule has 0 saturated carbocycles. The number of benzene rings is 2. The second-order valence-corrected chi connectivity index (χ2v) is 10.4. The van der Waals surface area contributed by atoms with Crippen LogP contribution in [-0.4, -0.2) is 133 Å². The molecule has 0 amide bonds. The maximum absolute atomic E-state index is 12.9. The largest absolute Gasteiger partial charge is 0.504 e. The Hall–Kier alpha value is -3.75. The standard InChI is InChI=1S/C28H32O17/c1-40-12-3-2-9(4-10(12)31)13-5-11(32)18-14(41-13)6-15(19(33)22(18)36)42-28-26(24(38)21(35)17(8-30)44-28)45-27-25(39)23(37)20(34)16(7-29)43-27/h2-6,16-17,20-21,23-31,33-39H,7-8H2,1H3/t16-,17+,20-,21-,23+,24+,25-,26-,27+,28-/m1/s1. The third-order valence-electron chi connectivity index (χ3n) is 7.60. The van der Waals surface area contributed by atoms with E-state index in [1.165, 1.54) is 25.3 Å². The highest BCUT2D eigenvalue weighted by molar-refractivity contribution is 5.89. The van der Waals surface area contributed by atoms with Gasteiger partial charge in [-0.1, -0.05) is 0 Å². The third kappa shape index (κ3) is 5.98. The van der Waals surface area contributed by atoms with Crippen molar-refractivity contribution in [3.63, 3.8) is 0 Å². The molecule has 2 aliphatic rings. The number of phenolic OH excluding ortho intramolecular Hbond substituents is 3. The van der Waals surface area contributed by atoms with Crippen LogP contribution in [0, 0.1) is 0 Å². The molecule has 17 heteroatoms. The van der Waals surface area contributed by atoms with Gasteiger partial charge >= 0.3 is 0 Å². The number of methoxy groups -OCH3 is 1. The molecule has 2 aromatic carbocycles. The molecule has 0 radical (unpaired) electrons. The number of phenols is 3. The summed E-state index contributed by atoms with van der Waals surface area (Å²) >= 11 is 0. The van der Waals surface area contributed by atoms with E-state index >= 15 is 0 Å². The monoisotopic (exact) mass is 640 g/mol. The smallest absolute Gasteiger partial charge is 0.229 e. The van der Waals surface area contributed by atoms with Crippen molar-refractivity contribution in [2.24, 2.45) is 0 Å². The zero-order valence-corrected chi connectivity index (χ0v) is 23.4. The minimum Gasteiger partial charge on any atom is -0.504 e. The summed E-state index contributed by atoms with van der Waals surface area (Å²) in [7, 11) is 1.35. The Kier molecular flexibility index (Phi) is 9.38. The van der Waals surface area contributed by atoms with Crippen LogP contribution in [0.2, 0.25) is 0 Å². The molecular weight excluding hydrogens is 608 g/mol. The molecule has 45 heavy (non-hydrogen) atoms. The number of aliphatic hydroxyl groups is 7. The van der Waals surface area contributed by atoms with Crippen molar-refractivity contribution in [2.75, 3.05) is 20.3 Å². The first-order chi connectivity index (χ1) is 21.4. The van der Waals surface area contributed by atoms with Gasteiger partial charge in [0.25, 0.3) is 0 Å². The Balaban J connectivity index is 1.52. The minimum atomic E-state index is -1.92. The lowest BCUT2D eigenvalue weighted by Crippen LogP contribution is -2.65. The van der Waals surface area contributed by atoms with Crippen molar-refractivity contribution in [2.45, 2.75) is 61.4 Å². The van der Waals surface area contributed by atoms with Gasteiger partial charge in [0.15, 0.2) is 40.8 Å². The van der Waals surface area contributed by atoms with Gasteiger partial charge in [-0.2, -0.15) is 0 Å². The number of hydrogen-bond donors (Lipinski definition) is 10. The first kappa shape index (κ1) is 32.6. The van der Waals surface area contributed by atoms with Gasteiger partial charge in [-0.25, -0.2) is 0 Å². The Labute approximate surface area is 252 Å². The van der Waals surface area contributed by atoms with Crippen LogP contribution in [0.4, 0.5) is 0 Å². The fourth-order valence-electron chi connectivity index (χ4n) is 5.10.